The Hall–Kier alpha value is -1.21. The van der Waals surface area contributed by atoms with Gasteiger partial charge in [-0.2, -0.15) is 0 Å². The fourth-order valence-electron chi connectivity index (χ4n) is 1.75. The molecule has 0 heterocycles. The molecule has 0 radical (unpaired) electrons. The summed E-state index contributed by atoms with van der Waals surface area (Å²) in [4.78, 5) is -0.617. The van der Waals surface area contributed by atoms with E-state index in [1.54, 1.807) is 6.92 Å². The van der Waals surface area contributed by atoms with Crippen LogP contribution in [0.15, 0.2) is 17.0 Å². The van der Waals surface area contributed by atoms with Gasteiger partial charge in [-0.15, -0.1) is 0 Å². The standard InChI is InChI=1S/C11H14F2N2O2S/c1-6(7-2-3-7)15-18(16,17)11-5-10(14)8(12)4-9(11)13/h4-7,15H,2-3,14H2,1H3. The Morgan fingerprint density at radius 2 is 1.94 bits per heavy atom. The SMILES string of the molecule is CC(NS(=O)(=O)c1cc(N)c(F)cc1F)C1CC1. The van der Waals surface area contributed by atoms with Gasteiger partial charge in [0.05, 0.1) is 5.69 Å². The van der Waals surface area contributed by atoms with Crippen LogP contribution in [0.3, 0.4) is 0 Å². The van der Waals surface area contributed by atoms with Crippen LogP contribution in [0.2, 0.25) is 0 Å². The lowest BCUT2D eigenvalue weighted by molar-refractivity contribution is 0.522. The molecule has 2 rings (SSSR count). The third-order valence-electron chi connectivity index (χ3n) is 3.01. The van der Waals surface area contributed by atoms with Gasteiger partial charge in [-0.25, -0.2) is 21.9 Å². The second-order valence-electron chi connectivity index (χ2n) is 4.55. The average Bonchev–Trinajstić information content (AvgIpc) is 3.05. The van der Waals surface area contributed by atoms with E-state index in [1.807, 2.05) is 0 Å². The molecule has 1 unspecified atom stereocenters. The van der Waals surface area contributed by atoms with Crippen molar-refractivity contribution >= 4 is 15.7 Å². The van der Waals surface area contributed by atoms with E-state index >= 15 is 0 Å². The molecule has 4 nitrogen and oxygen atoms in total. The van der Waals surface area contributed by atoms with Crippen molar-refractivity contribution in [1.29, 1.82) is 0 Å². The molecule has 0 aromatic heterocycles. The molecule has 100 valence electrons. The normalized spacial score (nSPS) is 17.7. The lowest BCUT2D eigenvalue weighted by Gasteiger charge is -2.14. The van der Waals surface area contributed by atoms with Crippen molar-refractivity contribution in [3.8, 4) is 0 Å². The number of sulfonamides is 1. The van der Waals surface area contributed by atoms with Crippen LogP contribution >= 0.6 is 0 Å². The van der Waals surface area contributed by atoms with Gasteiger partial charge < -0.3 is 5.73 Å². The molecule has 3 N–H and O–H groups in total. The Bertz CT molecular complexity index is 571. The van der Waals surface area contributed by atoms with Crippen molar-refractivity contribution in [2.24, 2.45) is 5.92 Å². The molecule has 0 aliphatic heterocycles. The van der Waals surface area contributed by atoms with Gasteiger partial charge in [0.15, 0.2) is 0 Å². The molecular formula is C11H14F2N2O2S. The topological polar surface area (TPSA) is 72.2 Å². The van der Waals surface area contributed by atoms with Gasteiger partial charge in [-0.1, -0.05) is 0 Å². The largest absolute Gasteiger partial charge is 0.396 e. The molecule has 1 aliphatic carbocycles. The minimum absolute atomic E-state index is 0.263. The van der Waals surface area contributed by atoms with E-state index in [1.165, 1.54) is 0 Å². The van der Waals surface area contributed by atoms with Gasteiger partial charge in [-0.3, -0.25) is 0 Å². The second-order valence-corrected chi connectivity index (χ2v) is 6.23. The molecule has 0 amide bonds. The lowest BCUT2D eigenvalue weighted by atomic mass is 10.2. The summed E-state index contributed by atoms with van der Waals surface area (Å²) in [5.74, 6) is -1.82. The second kappa shape index (κ2) is 4.47. The lowest BCUT2D eigenvalue weighted by Crippen LogP contribution is -2.34. The molecular weight excluding hydrogens is 262 g/mol. The molecule has 7 heteroatoms. The highest BCUT2D eigenvalue weighted by Crippen LogP contribution is 2.33. The van der Waals surface area contributed by atoms with Gasteiger partial charge in [0.25, 0.3) is 0 Å². The van der Waals surface area contributed by atoms with Crippen molar-refractivity contribution in [3.05, 3.63) is 23.8 Å². The summed E-state index contributed by atoms with van der Waals surface area (Å²) in [6.45, 7) is 1.72. The molecule has 18 heavy (non-hydrogen) atoms. The highest BCUT2D eigenvalue weighted by atomic mass is 32.2. The number of anilines is 1. The number of nitrogens with two attached hydrogens (primary N) is 1. The zero-order chi connectivity index (χ0) is 13.5. The maximum absolute atomic E-state index is 13.5. The molecule has 1 aromatic carbocycles. The number of hydrogen-bond acceptors (Lipinski definition) is 3. The van der Waals surface area contributed by atoms with Crippen LogP contribution in [0.25, 0.3) is 0 Å². The van der Waals surface area contributed by atoms with Crippen LogP contribution < -0.4 is 10.5 Å². The van der Waals surface area contributed by atoms with E-state index in [-0.39, 0.29) is 6.04 Å². The number of nitrogen functional groups attached to an aromatic ring is 1. The fraction of sp³-hybridized carbons (Fsp3) is 0.455. The third kappa shape index (κ3) is 2.62. The summed E-state index contributed by atoms with van der Waals surface area (Å²) in [5, 5.41) is 0. The maximum atomic E-state index is 13.5. The van der Waals surface area contributed by atoms with Gasteiger partial charge in [-0.05, 0) is 31.7 Å². The summed E-state index contributed by atoms with van der Waals surface area (Å²) in [7, 11) is -4.01. The van der Waals surface area contributed by atoms with E-state index in [9.17, 15) is 17.2 Å². The highest BCUT2D eigenvalue weighted by molar-refractivity contribution is 7.89. The Kier molecular flexibility index (Phi) is 3.29. The van der Waals surface area contributed by atoms with Crippen molar-refractivity contribution < 1.29 is 17.2 Å². The van der Waals surface area contributed by atoms with Gasteiger partial charge in [0.1, 0.15) is 16.5 Å². The summed E-state index contributed by atoms with van der Waals surface area (Å²) in [6.07, 6.45) is 1.91. The molecule has 1 atom stereocenters. The van der Waals surface area contributed by atoms with Crippen LogP contribution in [0.1, 0.15) is 19.8 Å². The van der Waals surface area contributed by atoms with Crippen LogP contribution in [-0.2, 0) is 10.0 Å². The first kappa shape index (κ1) is 13.2. The van der Waals surface area contributed by atoms with Gasteiger partial charge in [0.2, 0.25) is 10.0 Å². The summed E-state index contributed by atoms with van der Waals surface area (Å²) in [6, 6.07) is 1.01. The first-order valence-electron chi connectivity index (χ1n) is 5.58. The maximum Gasteiger partial charge on any atom is 0.243 e. The molecule has 0 saturated heterocycles. The van der Waals surface area contributed by atoms with Crippen molar-refractivity contribution in [2.45, 2.75) is 30.7 Å². The quantitative estimate of drug-likeness (QED) is 0.821. The Morgan fingerprint density at radius 1 is 1.33 bits per heavy atom. The van der Waals surface area contributed by atoms with Crippen molar-refractivity contribution in [1.82, 2.24) is 4.72 Å². The van der Waals surface area contributed by atoms with Crippen LogP contribution in [0.4, 0.5) is 14.5 Å². The number of nitrogens with one attached hydrogen (secondary N) is 1. The van der Waals surface area contributed by atoms with Crippen LogP contribution in [-0.4, -0.2) is 14.5 Å². The molecule has 0 bridgehead atoms. The zero-order valence-corrected chi connectivity index (χ0v) is 10.6. The smallest absolute Gasteiger partial charge is 0.243 e. The zero-order valence-electron chi connectivity index (χ0n) is 9.78. The average molecular weight is 276 g/mol. The van der Waals surface area contributed by atoms with E-state index in [0.29, 0.717) is 12.0 Å². The highest BCUT2D eigenvalue weighted by Gasteiger charge is 2.32. The Morgan fingerprint density at radius 3 is 2.50 bits per heavy atom. The number of halogens is 2. The van der Waals surface area contributed by atoms with E-state index in [2.05, 4.69) is 4.72 Å². The van der Waals surface area contributed by atoms with E-state index < -0.39 is 32.2 Å². The minimum atomic E-state index is -4.01. The number of hydrogen-bond donors (Lipinski definition) is 2. The first-order chi connectivity index (χ1) is 8.31. The molecule has 1 fully saturated rings. The summed E-state index contributed by atoms with van der Waals surface area (Å²) >= 11 is 0. The van der Waals surface area contributed by atoms with Crippen molar-refractivity contribution in [2.75, 3.05) is 5.73 Å². The van der Waals surface area contributed by atoms with E-state index in [4.69, 9.17) is 5.73 Å². The molecule has 1 aliphatic rings. The fourth-order valence-corrected chi connectivity index (χ4v) is 3.16. The van der Waals surface area contributed by atoms with Gasteiger partial charge in [0, 0.05) is 12.1 Å². The first-order valence-corrected chi connectivity index (χ1v) is 7.06. The summed E-state index contributed by atoms with van der Waals surface area (Å²) in [5.41, 5.74) is 4.86. The minimum Gasteiger partial charge on any atom is -0.396 e. The van der Waals surface area contributed by atoms with Crippen LogP contribution in [0.5, 0.6) is 0 Å². The van der Waals surface area contributed by atoms with Crippen molar-refractivity contribution in [3.63, 3.8) is 0 Å². The van der Waals surface area contributed by atoms with Gasteiger partial charge >= 0.3 is 0 Å². The monoisotopic (exact) mass is 276 g/mol. The number of rotatable bonds is 4. The molecule has 1 aromatic rings. The Labute approximate surface area is 104 Å². The van der Waals surface area contributed by atoms with E-state index in [0.717, 1.165) is 18.9 Å². The predicted molar refractivity (Wildman–Crippen MR) is 63.3 cm³/mol. The number of benzene rings is 1. The summed E-state index contributed by atoms with van der Waals surface area (Å²) < 4.78 is 52.7. The Balaban J connectivity index is 2.31. The third-order valence-corrected chi connectivity index (χ3v) is 4.58. The predicted octanol–water partition coefficient (Wildman–Crippen LogP) is 1.62. The molecule has 0 spiro atoms. The molecule has 1 saturated carbocycles. The van der Waals surface area contributed by atoms with Crippen LogP contribution in [0, 0.1) is 17.6 Å².